The van der Waals surface area contributed by atoms with Gasteiger partial charge in [-0.1, -0.05) is 42.7 Å². The van der Waals surface area contributed by atoms with Crippen LogP contribution in [0.15, 0.2) is 24.3 Å². The monoisotopic (exact) mass is 231 g/mol. The highest BCUT2D eigenvalue weighted by molar-refractivity contribution is 5.78. The molecule has 1 aliphatic rings. The zero-order valence-corrected chi connectivity index (χ0v) is 10.8. The Morgan fingerprint density at radius 3 is 2.41 bits per heavy atom. The normalized spacial score (nSPS) is 16.1. The number of aryl methyl sites for hydroxylation is 1. The van der Waals surface area contributed by atoms with Crippen LogP contribution in [-0.2, 0) is 11.3 Å². The molecule has 0 N–H and O–H groups in total. The van der Waals surface area contributed by atoms with E-state index in [9.17, 15) is 4.79 Å². The molecule has 1 aromatic rings. The van der Waals surface area contributed by atoms with E-state index in [0.717, 1.165) is 19.4 Å². The Morgan fingerprint density at radius 1 is 1.24 bits per heavy atom. The topological polar surface area (TPSA) is 20.3 Å². The van der Waals surface area contributed by atoms with E-state index in [1.165, 1.54) is 24.0 Å². The number of hydrogen-bond acceptors (Lipinski definition) is 1. The first kappa shape index (κ1) is 12.2. The summed E-state index contributed by atoms with van der Waals surface area (Å²) in [5, 5.41) is 0. The minimum Gasteiger partial charge on any atom is -0.341 e. The van der Waals surface area contributed by atoms with Crippen LogP contribution in [0.4, 0.5) is 0 Å². The molecule has 2 rings (SSSR count). The predicted molar refractivity (Wildman–Crippen MR) is 69.6 cm³/mol. The molecule has 0 spiro atoms. The molecule has 1 fully saturated rings. The van der Waals surface area contributed by atoms with Crippen molar-refractivity contribution in [1.82, 2.24) is 4.90 Å². The van der Waals surface area contributed by atoms with Gasteiger partial charge in [0.05, 0.1) is 0 Å². The summed E-state index contributed by atoms with van der Waals surface area (Å²) in [5.74, 6) is 0.605. The third-order valence-corrected chi connectivity index (χ3v) is 3.62. The van der Waals surface area contributed by atoms with E-state index in [2.05, 4.69) is 31.2 Å². The number of hydrogen-bond donors (Lipinski definition) is 0. The third kappa shape index (κ3) is 3.09. The lowest BCUT2D eigenvalue weighted by Crippen LogP contribution is -2.31. The highest BCUT2D eigenvalue weighted by Crippen LogP contribution is 2.26. The average Bonchev–Trinajstić information content (AvgIpc) is 2.84. The van der Waals surface area contributed by atoms with Crippen molar-refractivity contribution < 1.29 is 4.79 Å². The van der Waals surface area contributed by atoms with E-state index in [4.69, 9.17) is 0 Å². The fraction of sp³-hybridized carbons (Fsp3) is 0.533. The second kappa shape index (κ2) is 5.35. The SMILES string of the molecule is Cc1ccc(CN(C)C(=O)C2CCCC2)cc1. The fourth-order valence-corrected chi connectivity index (χ4v) is 2.53. The maximum absolute atomic E-state index is 12.1. The minimum atomic E-state index is 0.283. The number of rotatable bonds is 3. The van der Waals surface area contributed by atoms with Gasteiger partial charge < -0.3 is 4.90 Å². The molecule has 0 unspecified atom stereocenters. The van der Waals surface area contributed by atoms with E-state index < -0.39 is 0 Å². The molecular weight excluding hydrogens is 210 g/mol. The quantitative estimate of drug-likeness (QED) is 0.782. The standard InChI is InChI=1S/C15H21NO/c1-12-7-9-13(10-8-12)11-16(2)15(17)14-5-3-4-6-14/h7-10,14H,3-6,11H2,1-2H3. The van der Waals surface area contributed by atoms with Crippen LogP contribution < -0.4 is 0 Å². The van der Waals surface area contributed by atoms with Crippen molar-refractivity contribution in [3.63, 3.8) is 0 Å². The molecule has 1 amide bonds. The van der Waals surface area contributed by atoms with Gasteiger partial charge in [-0.25, -0.2) is 0 Å². The van der Waals surface area contributed by atoms with Gasteiger partial charge in [-0.2, -0.15) is 0 Å². The summed E-state index contributed by atoms with van der Waals surface area (Å²) in [6.45, 7) is 2.81. The van der Waals surface area contributed by atoms with Crippen molar-refractivity contribution in [2.24, 2.45) is 5.92 Å². The Balaban J connectivity index is 1.93. The molecule has 0 heterocycles. The molecule has 0 aromatic heterocycles. The number of amides is 1. The summed E-state index contributed by atoms with van der Waals surface area (Å²) in [5.41, 5.74) is 2.47. The van der Waals surface area contributed by atoms with E-state index in [0.29, 0.717) is 5.91 Å². The van der Waals surface area contributed by atoms with Crippen molar-refractivity contribution in [3.8, 4) is 0 Å². The van der Waals surface area contributed by atoms with Crippen LogP contribution >= 0.6 is 0 Å². The van der Waals surface area contributed by atoms with Gasteiger partial charge in [0.1, 0.15) is 0 Å². The lowest BCUT2D eigenvalue weighted by Gasteiger charge is -2.21. The molecule has 1 saturated carbocycles. The van der Waals surface area contributed by atoms with Gasteiger partial charge in [-0.15, -0.1) is 0 Å². The molecule has 0 aliphatic heterocycles. The van der Waals surface area contributed by atoms with E-state index in [-0.39, 0.29) is 5.92 Å². The second-order valence-electron chi connectivity index (χ2n) is 5.16. The van der Waals surface area contributed by atoms with E-state index in [1.807, 2.05) is 11.9 Å². The largest absolute Gasteiger partial charge is 0.341 e. The van der Waals surface area contributed by atoms with Crippen molar-refractivity contribution >= 4 is 5.91 Å². The summed E-state index contributed by atoms with van der Waals surface area (Å²) in [7, 11) is 1.92. The highest BCUT2D eigenvalue weighted by atomic mass is 16.2. The lowest BCUT2D eigenvalue weighted by molar-refractivity contribution is -0.134. The first-order valence-electron chi connectivity index (χ1n) is 6.47. The van der Waals surface area contributed by atoms with Crippen LogP contribution in [-0.4, -0.2) is 17.9 Å². The Kier molecular flexibility index (Phi) is 3.82. The molecular formula is C15H21NO. The summed E-state index contributed by atoms with van der Waals surface area (Å²) in [4.78, 5) is 14.0. The van der Waals surface area contributed by atoms with Gasteiger partial charge in [0, 0.05) is 19.5 Å². The molecule has 0 bridgehead atoms. The van der Waals surface area contributed by atoms with Gasteiger partial charge in [-0.3, -0.25) is 4.79 Å². The second-order valence-corrected chi connectivity index (χ2v) is 5.16. The number of carbonyl (C=O) groups excluding carboxylic acids is 1. The fourth-order valence-electron chi connectivity index (χ4n) is 2.53. The summed E-state index contributed by atoms with van der Waals surface area (Å²) in [6.07, 6.45) is 4.59. The first-order chi connectivity index (χ1) is 8.16. The molecule has 2 heteroatoms. The number of carbonyl (C=O) groups is 1. The van der Waals surface area contributed by atoms with Crippen LogP contribution in [0, 0.1) is 12.8 Å². The van der Waals surface area contributed by atoms with Gasteiger partial charge in [0.15, 0.2) is 0 Å². The number of benzene rings is 1. The summed E-state index contributed by atoms with van der Waals surface area (Å²) < 4.78 is 0. The van der Waals surface area contributed by atoms with Gasteiger partial charge in [0.25, 0.3) is 0 Å². The van der Waals surface area contributed by atoms with Crippen LogP contribution in [0.25, 0.3) is 0 Å². The van der Waals surface area contributed by atoms with Crippen molar-refractivity contribution in [1.29, 1.82) is 0 Å². The van der Waals surface area contributed by atoms with Crippen molar-refractivity contribution in [2.75, 3.05) is 7.05 Å². The molecule has 1 aliphatic carbocycles. The minimum absolute atomic E-state index is 0.283. The van der Waals surface area contributed by atoms with Crippen molar-refractivity contribution in [2.45, 2.75) is 39.2 Å². The molecule has 92 valence electrons. The Labute approximate surface area is 104 Å². The maximum Gasteiger partial charge on any atom is 0.225 e. The maximum atomic E-state index is 12.1. The van der Waals surface area contributed by atoms with Gasteiger partial charge in [0.2, 0.25) is 5.91 Å². The smallest absolute Gasteiger partial charge is 0.225 e. The summed E-state index contributed by atoms with van der Waals surface area (Å²) in [6, 6.07) is 8.41. The molecule has 17 heavy (non-hydrogen) atoms. The van der Waals surface area contributed by atoms with Crippen molar-refractivity contribution in [3.05, 3.63) is 35.4 Å². The van der Waals surface area contributed by atoms with E-state index >= 15 is 0 Å². The zero-order valence-electron chi connectivity index (χ0n) is 10.8. The average molecular weight is 231 g/mol. The molecule has 0 saturated heterocycles. The molecule has 0 radical (unpaired) electrons. The predicted octanol–water partition coefficient (Wildman–Crippen LogP) is 3.14. The van der Waals surface area contributed by atoms with Crippen LogP contribution in [0.2, 0.25) is 0 Å². The number of nitrogens with zero attached hydrogens (tertiary/aromatic N) is 1. The highest BCUT2D eigenvalue weighted by Gasteiger charge is 2.25. The third-order valence-electron chi connectivity index (χ3n) is 3.62. The lowest BCUT2D eigenvalue weighted by atomic mass is 10.1. The first-order valence-corrected chi connectivity index (χ1v) is 6.47. The van der Waals surface area contributed by atoms with Crippen LogP contribution in [0.3, 0.4) is 0 Å². The Bertz CT molecular complexity index is 376. The molecule has 2 nitrogen and oxygen atoms in total. The van der Waals surface area contributed by atoms with E-state index in [1.54, 1.807) is 0 Å². The zero-order chi connectivity index (χ0) is 12.3. The Morgan fingerprint density at radius 2 is 1.82 bits per heavy atom. The van der Waals surface area contributed by atoms with Crippen LogP contribution in [0.1, 0.15) is 36.8 Å². The van der Waals surface area contributed by atoms with Gasteiger partial charge in [-0.05, 0) is 25.3 Å². The molecule has 0 atom stereocenters. The Hall–Kier alpha value is -1.31. The van der Waals surface area contributed by atoms with Crippen LogP contribution in [0.5, 0.6) is 0 Å². The van der Waals surface area contributed by atoms with Gasteiger partial charge >= 0.3 is 0 Å². The molecule has 1 aromatic carbocycles. The summed E-state index contributed by atoms with van der Waals surface area (Å²) >= 11 is 0.